The minimum atomic E-state index is -0.222. The zero-order chi connectivity index (χ0) is 18.5. The summed E-state index contributed by atoms with van der Waals surface area (Å²) in [7, 11) is 0. The van der Waals surface area contributed by atoms with Gasteiger partial charge in [0.2, 0.25) is 5.91 Å². The van der Waals surface area contributed by atoms with Crippen molar-refractivity contribution >= 4 is 46.4 Å². The number of rotatable bonds is 5. The standard InChI is InChI=1S/C19H19Cl2N3O2/c20-14-9-15(21)11-17(10-14)23-18(25)12-22-16-5-3-13(4-6-16)19(26)24-7-1-2-8-24/h3-6,9-11,22H,1-2,7-8,12H2,(H,23,25). The van der Waals surface area contributed by atoms with Crippen LogP contribution in [0.4, 0.5) is 11.4 Å². The van der Waals surface area contributed by atoms with Crippen molar-refractivity contribution in [2.24, 2.45) is 0 Å². The molecule has 0 radical (unpaired) electrons. The van der Waals surface area contributed by atoms with Gasteiger partial charge in [-0.05, 0) is 55.3 Å². The molecule has 0 aromatic heterocycles. The van der Waals surface area contributed by atoms with Gasteiger partial charge in [-0.15, -0.1) is 0 Å². The Morgan fingerprint density at radius 3 is 2.15 bits per heavy atom. The molecule has 136 valence electrons. The van der Waals surface area contributed by atoms with Crippen molar-refractivity contribution in [3.8, 4) is 0 Å². The molecular weight excluding hydrogens is 373 g/mol. The lowest BCUT2D eigenvalue weighted by atomic mass is 10.2. The van der Waals surface area contributed by atoms with Crippen LogP contribution in [0.2, 0.25) is 10.0 Å². The van der Waals surface area contributed by atoms with Gasteiger partial charge in [-0.2, -0.15) is 0 Å². The summed E-state index contributed by atoms with van der Waals surface area (Å²) in [4.78, 5) is 26.2. The third-order valence-corrected chi connectivity index (χ3v) is 4.56. The Bertz CT molecular complexity index is 783. The molecule has 1 saturated heterocycles. The average molecular weight is 392 g/mol. The molecule has 3 rings (SSSR count). The molecule has 0 aliphatic carbocycles. The van der Waals surface area contributed by atoms with Crippen molar-refractivity contribution in [2.75, 3.05) is 30.3 Å². The number of halogens is 2. The first-order chi connectivity index (χ1) is 12.5. The number of nitrogens with zero attached hydrogens (tertiary/aromatic N) is 1. The molecule has 2 aromatic carbocycles. The van der Waals surface area contributed by atoms with Crippen molar-refractivity contribution in [3.05, 3.63) is 58.1 Å². The van der Waals surface area contributed by atoms with Gasteiger partial charge in [0, 0.05) is 40.1 Å². The number of benzene rings is 2. The van der Waals surface area contributed by atoms with Crippen LogP contribution < -0.4 is 10.6 Å². The first-order valence-electron chi connectivity index (χ1n) is 8.40. The Morgan fingerprint density at radius 2 is 1.54 bits per heavy atom. The van der Waals surface area contributed by atoms with Crippen LogP contribution in [0.5, 0.6) is 0 Å². The molecule has 2 N–H and O–H groups in total. The number of hydrogen-bond acceptors (Lipinski definition) is 3. The molecule has 7 heteroatoms. The van der Waals surface area contributed by atoms with Crippen LogP contribution >= 0.6 is 23.2 Å². The van der Waals surface area contributed by atoms with Crippen LogP contribution in [0.25, 0.3) is 0 Å². The Balaban J connectivity index is 1.52. The fourth-order valence-electron chi connectivity index (χ4n) is 2.85. The minimum absolute atomic E-state index is 0.0598. The lowest BCUT2D eigenvalue weighted by molar-refractivity contribution is -0.114. The van der Waals surface area contributed by atoms with Crippen LogP contribution in [-0.4, -0.2) is 36.3 Å². The van der Waals surface area contributed by atoms with E-state index in [9.17, 15) is 9.59 Å². The quantitative estimate of drug-likeness (QED) is 0.799. The summed E-state index contributed by atoms with van der Waals surface area (Å²) in [6, 6.07) is 12.0. The minimum Gasteiger partial charge on any atom is -0.376 e. The molecule has 5 nitrogen and oxygen atoms in total. The van der Waals surface area contributed by atoms with Gasteiger partial charge in [0.25, 0.3) is 5.91 Å². The van der Waals surface area contributed by atoms with Crippen molar-refractivity contribution in [2.45, 2.75) is 12.8 Å². The lowest BCUT2D eigenvalue weighted by Gasteiger charge is -2.15. The SMILES string of the molecule is O=C(CNc1ccc(C(=O)N2CCCC2)cc1)Nc1cc(Cl)cc(Cl)c1. The second kappa shape index (κ2) is 8.43. The zero-order valence-electron chi connectivity index (χ0n) is 14.1. The molecule has 0 atom stereocenters. The normalized spacial score (nSPS) is 13.5. The van der Waals surface area contributed by atoms with Gasteiger partial charge >= 0.3 is 0 Å². The topological polar surface area (TPSA) is 61.4 Å². The zero-order valence-corrected chi connectivity index (χ0v) is 15.6. The van der Waals surface area contributed by atoms with E-state index in [4.69, 9.17) is 23.2 Å². The molecule has 1 fully saturated rings. The van der Waals surface area contributed by atoms with Gasteiger partial charge < -0.3 is 15.5 Å². The van der Waals surface area contributed by atoms with Gasteiger partial charge in [-0.1, -0.05) is 23.2 Å². The van der Waals surface area contributed by atoms with Crippen LogP contribution in [0.3, 0.4) is 0 Å². The molecule has 1 heterocycles. The third-order valence-electron chi connectivity index (χ3n) is 4.12. The number of anilines is 2. The molecule has 26 heavy (non-hydrogen) atoms. The maximum atomic E-state index is 12.3. The van der Waals surface area contributed by atoms with Crippen LogP contribution in [0.15, 0.2) is 42.5 Å². The molecule has 0 bridgehead atoms. The fraction of sp³-hybridized carbons (Fsp3) is 0.263. The monoisotopic (exact) mass is 391 g/mol. The first kappa shape index (κ1) is 18.5. The fourth-order valence-corrected chi connectivity index (χ4v) is 3.37. The average Bonchev–Trinajstić information content (AvgIpc) is 3.13. The molecule has 1 aliphatic rings. The second-order valence-electron chi connectivity index (χ2n) is 6.14. The van der Waals surface area contributed by atoms with Gasteiger partial charge in [-0.25, -0.2) is 0 Å². The molecule has 1 aliphatic heterocycles. The van der Waals surface area contributed by atoms with Gasteiger partial charge in [0.05, 0.1) is 6.54 Å². The molecule has 0 unspecified atom stereocenters. The van der Waals surface area contributed by atoms with Crippen LogP contribution in [-0.2, 0) is 4.79 Å². The molecule has 0 spiro atoms. The molecular formula is C19H19Cl2N3O2. The first-order valence-corrected chi connectivity index (χ1v) is 9.16. The highest BCUT2D eigenvalue weighted by Gasteiger charge is 2.19. The van der Waals surface area contributed by atoms with E-state index >= 15 is 0 Å². The highest BCUT2D eigenvalue weighted by Crippen LogP contribution is 2.22. The predicted molar refractivity (Wildman–Crippen MR) is 105 cm³/mol. The molecule has 0 saturated carbocycles. The summed E-state index contributed by atoms with van der Waals surface area (Å²) >= 11 is 11.8. The second-order valence-corrected chi connectivity index (χ2v) is 7.01. The van der Waals surface area contributed by atoms with Gasteiger partial charge in [0.15, 0.2) is 0 Å². The van der Waals surface area contributed by atoms with E-state index in [-0.39, 0.29) is 18.4 Å². The molecule has 2 aromatic rings. The molecule has 2 amide bonds. The highest BCUT2D eigenvalue weighted by molar-refractivity contribution is 6.35. The van der Waals surface area contributed by atoms with E-state index in [1.807, 2.05) is 4.90 Å². The maximum Gasteiger partial charge on any atom is 0.253 e. The Labute approximate surface area is 162 Å². The van der Waals surface area contributed by atoms with E-state index in [1.54, 1.807) is 42.5 Å². The van der Waals surface area contributed by atoms with Gasteiger partial charge in [-0.3, -0.25) is 9.59 Å². The van der Waals surface area contributed by atoms with E-state index in [2.05, 4.69) is 10.6 Å². The smallest absolute Gasteiger partial charge is 0.253 e. The Morgan fingerprint density at radius 1 is 0.923 bits per heavy atom. The predicted octanol–water partition coefficient (Wildman–Crippen LogP) is 4.28. The Hall–Kier alpha value is -2.24. The number of nitrogens with one attached hydrogen (secondary N) is 2. The van der Waals surface area contributed by atoms with Crippen molar-refractivity contribution in [1.29, 1.82) is 0 Å². The van der Waals surface area contributed by atoms with Crippen LogP contribution in [0.1, 0.15) is 23.2 Å². The summed E-state index contributed by atoms with van der Waals surface area (Å²) in [5, 5.41) is 6.67. The van der Waals surface area contributed by atoms with E-state index in [0.717, 1.165) is 31.6 Å². The van der Waals surface area contributed by atoms with E-state index < -0.39 is 0 Å². The number of carbonyl (C=O) groups is 2. The third kappa shape index (κ3) is 4.90. The van der Waals surface area contributed by atoms with Crippen LogP contribution in [0, 0.1) is 0 Å². The highest BCUT2D eigenvalue weighted by atomic mass is 35.5. The summed E-state index contributed by atoms with van der Waals surface area (Å²) in [5.41, 5.74) is 1.97. The number of hydrogen-bond donors (Lipinski definition) is 2. The van der Waals surface area contributed by atoms with Gasteiger partial charge in [0.1, 0.15) is 0 Å². The maximum absolute atomic E-state index is 12.3. The van der Waals surface area contributed by atoms with E-state index in [1.165, 1.54) is 0 Å². The number of carbonyl (C=O) groups excluding carboxylic acids is 2. The summed E-state index contributed by atoms with van der Waals surface area (Å²) < 4.78 is 0. The van der Waals surface area contributed by atoms with Crippen molar-refractivity contribution < 1.29 is 9.59 Å². The number of likely N-dealkylation sites (tertiary alicyclic amines) is 1. The largest absolute Gasteiger partial charge is 0.376 e. The number of amides is 2. The summed E-state index contributed by atoms with van der Waals surface area (Å²) in [6.07, 6.45) is 2.14. The van der Waals surface area contributed by atoms with Crippen molar-refractivity contribution in [1.82, 2.24) is 4.90 Å². The lowest BCUT2D eigenvalue weighted by Crippen LogP contribution is -2.27. The summed E-state index contributed by atoms with van der Waals surface area (Å²) in [5.74, 6) is -0.162. The summed E-state index contributed by atoms with van der Waals surface area (Å²) in [6.45, 7) is 1.74. The van der Waals surface area contributed by atoms with E-state index in [0.29, 0.717) is 21.3 Å². The van der Waals surface area contributed by atoms with Crippen molar-refractivity contribution in [3.63, 3.8) is 0 Å². The Kier molecular flexibility index (Phi) is 6.01.